The SMILES string of the molecule is CCOc1ccc2nc(N(CC[NH+](C)C)C(=O)c3ccc(OC)cc3)sc2c1. The molecule has 1 amide bonds. The molecule has 7 heteroatoms. The number of likely N-dealkylation sites (N-methyl/N-ethyl adjacent to an activating group) is 1. The van der Waals surface area contributed by atoms with E-state index in [1.165, 1.54) is 16.2 Å². The molecule has 0 atom stereocenters. The van der Waals surface area contributed by atoms with E-state index in [1.807, 2.05) is 25.1 Å². The van der Waals surface area contributed by atoms with Crippen LogP contribution in [0.4, 0.5) is 5.13 Å². The molecule has 3 rings (SSSR count). The molecule has 148 valence electrons. The maximum atomic E-state index is 13.2. The molecule has 28 heavy (non-hydrogen) atoms. The first-order valence-corrected chi connectivity index (χ1v) is 10.1. The molecule has 6 nitrogen and oxygen atoms in total. The van der Waals surface area contributed by atoms with Crippen molar-refractivity contribution in [1.29, 1.82) is 0 Å². The summed E-state index contributed by atoms with van der Waals surface area (Å²) in [7, 11) is 5.76. The number of aromatic nitrogens is 1. The molecule has 0 fully saturated rings. The molecule has 0 aliphatic rings. The maximum Gasteiger partial charge on any atom is 0.260 e. The number of anilines is 1. The summed E-state index contributed by atoms with van der Waals surface area (Å²) in [5.41, 5.74) is 1.48. The van der Waals surface area contributed by atoms with Gasteiger partial charge in [0.15, 0.2) is 5.13 Å². The topological polar surface area (TPSA) is 56.1 Å². The number of hydrogen-bond acceptors (Lipinski definition) is 5. The van der Waals surface area contributed by atoms with Gasteiger partial charge in [0.2, 0.25) is 0 Å². The van der Waals surface area contributed by atoms with Crippen molar-refractivity contribution in [1.82, 2.24) is 4.98 Å². The molecule has 0 aliphatic heterocycles. The maximum absolute atomic E-state index is 13.2. The van der Waals surface area contributed by atoms with Crippen molar-refractivity contribution in [3.63, 3.8) is 0 Å². The predicted octanol–water partition coefficient (Wildman–Crippen LogP) is 2.49. The van der Waals surface area contributed by atoms with Gasteiger partial charge in [-0.05, 0) is 49.4 Å². The Labute approximate surface area is 169 Å². The molecule has 1 N–H and O–H groups in total. The van der Waals surface area contributed by atoms with Gasteiger partial charge in [0.05, 0.1) is 51.1 Å². The number of rotatable bonds is 8. The van der Waals surface area contributed by atoms with E-state index in [0.29, 0.717) is 23.8 Å². The molecule has 0 saturated carbocycles. The molecule has 0 bridgehead atoms. The van der Waals surface area contributed by atoms with Crippen molar-refractivity contribution in [2.75, 3.05) is 45.8 Å². The van der Waals surface area contributed by atoms with Crippen LogP contribution in [-0.4, -0.2) is 51.8 Å². The third kappa shape index (κ3) is 4.61. The van der Waals surface area contributed by atoms with Crippen LogP contribution in [0.15, 0.2) is 42.5 Å². The van der Waals surface area contributed by atoms with E-state index in [9.17, 15) is 4.79 Å². The van der Waals surface area contributed by atoms with Gasteiger partial charge in [0.1, 0.15) is 11.5 Å². The highest BCUT2D eigenvalue weighted by Gasteiger charge is 2.22. The standard InChI is InChI=1S/C21H25N3O3S/c1-5-27-17-10-11-18-19(14-17)28-21(22-18)24(13-12-23(2)3)20(25)15-6-8-16(26-4)9-7-15/h6-11,14H,5,12-13H2,1-4H3/p+1. The summed E-state index contributed by atoms with van der Waals surface area (Å²) < 4.78 is 11.8. The second kappa shape index (κ2) is 9.03. The van der Waals surface area contributed by atoms with Crippen LogP contribution < -0.4 is 19.3 Å². The van der Waals surface area contributed by atoms with Crippen LogP contribution in [0.1, 0.15) is 17.3 Å². The summed E-state index contributed by atoms with van der Waals surface area (Å²) in [5, 5.41) is 0.700. The van der Waals surface area contributed by atoms with Gasteiger partial charge in [-0.25, -0.2) is 4.98 Å². The first-order valence-electron chi connectivity index (χ1n) is 9.30. The highest BCUT2D eigenvalue weighted by Crippen LogP contribution is 2.32. The summed E-state index contributed by atoms with van der Waals surface area (Å²) in [6.45, 7) is 3.99. The van der Waals surface area contributed by atoms with Crippen LogP contribution in [0, 0.1) is 0 Å². The van der Waals surface area contributed by atoms with E-state index < -0.39 is 0 Å². The minimum atomic E-state index is -0.0620. The smallest absolute Gasteiger partial charge is 0.260 e. The number of hydrogen-bond donors (Lipinski definition) is 1. The fourth-order valence-electron chi connectivity index (χ4n) is 2.77. The van der Waals surface area contributed by atoms with Gasteiger partial charge < -0.3 is 14.4 Å². The normalized spacial score (nSPS) is 11.0. The van der Waals surface area contributed by atoms with Crippen LogP contribution in [0.25, 0.3) is 10.2 Å². The highest BCUT2D eigenvalue weighted by atomic mass is 32.1. The number of carbonyl (C=O) groups excluding carboxylic acids is 1. The monoisotopic (exact) mass is 400 g/mol. The largest absolute Gasteiger partial charge is 0.497 e. The fraction of sp³-hybridized carbons (Fsp3) is 0.333. The van der Waals surface area contributed by atoms with Crippen molar-refractivity contribution in [3.8, 4) is 11.5 Å². The number of ether oxygens (including phenoxy) is 2. The molecule has 0 spiro atoms. The lowest BCUT2D eigenvalue weighted by atomic mass is 10.2. The Kier molecular flexibility index (Phi) is 6.49. The Morgan fingerprint density at radius 2 is 1.86 bits per heavy atom. The Morgan fingerprint density at radius 1 is 1.14 bits per heavy atom. The van der Waals surface area contributed by atoms with Crippen molar-refractivity contribution in [2.24, 2.45) is 0 Å². The Hall–Kier alpha value is -2.64. The second-order valence-corrected chi connectivity index (χ2v) is 7.71. The summed E-state index contributed by atoms with van der Waals surface area (Å²) >= 11 is 1.51. The lowest BCUT2D eigenvalue weighted by molar-refractivity contribution is -0.856. The first kappa shape index (κ1) is 20.1. The molecule has 1 heterocycles. The Balaban J connectivity index is 1.94. The lowest BCUT2D eigenvalue weighted by Crippen LogP contribution is -3.06. The van der Waals surface area contributed by atoms with Gasteiger partial charge in [-0.2, -0.15) is 0 Å². The molecular formula is C21H26N3O3S+. The number of amides is 1. The fourth-order valence-corrected chi connectivity index (χ4v) is 3.79. The van der Waals surface area contributed by atoms with Gasteiger partial charge in [0.25, 0.3) is 5.91 Å². The first-order chi connectivity index (χ1) is 13.5. The van der Waals surface area contributed by atoms with E-state index in [4.69, 9.17) is 14.5 Å². The number of thiazole rings is 1. The highest BCUT2D eigenvalue weighted by molar-refractivity contribution is 7.22. The molecule has 2 aromatic carbocycles. The van der Waals surface area contributed by atoms with Crippen molar-refractivity contribution in [2.45, 2.75) is 6.92 Å². The van der Waals surface area contributed by atoms with Gasteiger partial charge in [-0.15, -0.1) is 0 Å². The van der Waals surface area contributed by atoms with Crippen molar-refractivity contribution < 1.29 is 19.2 Å². The van der Waals surface area contributed by atoms with Crippen molar-refractivity contribution >= 4 is 32.6 Å². The molecular weight excluding hydrogens is 374 g/mol. The second-order valence-electron chi connectivity index (χ2n) is 6.70. The number of carbonyl (C=O) groups is 1. The number of nitrogens with one attached hydrogen (secondary N) is 1. The Morgan fingerprint density at radius 3 is 2.50 bits per heavy atom. The van der Waals surface area contributed by atoms with E-state index in [2.05, 4.69) is 14.1 Å². The summed E-state index contributed by atoms with van der Waals surface area (Å²) in [4.78, 5) is 21.0. The van der Waals surface area contributed by atoms with E-state index in [-0.39, 0.29) is 5.91 Å². The third-order valence-corrected chi connectivity index (χ3v) is 5.35. The predicted molar refractivity (Wildman–Crippen MR) is 113 cm³/mol. The van der Waals surface area contributed by atoms with Crippen molar-refractivity contribution in [3.05, 3.63) is 48.0 Å². The van der Waals surface area contributed by atoms with Gasteiger partial charge in [-0.3, -0.25) is 9.69 Å². The zero-order chi connectivity index (χ0) is 20.1. The Bertz CT molecular complexity index is 938. The summed E-state index contributed by atoms with van der Waals surface area (Å²) in [5.74, 6) is 1.48. The number of methoxy groups -OCH3 is 1. The van der Waals surface area contributed by atoms with Crippen LogP contribution in [0.5, 0.6) is 11.5 Å². The van der Waals surface area contributed by atoms with Gasteiger partial charge in [-0.1, -0.05) is 11.3 Å². The molecule has 0 radical (unpaired) electrons. The molecule has 1 aromatic heterocycles. The van der Waals surface area contributed by atoms with E-state index in [0.717, 1.165) is 28.3 Å². The zero-order valence-electron chi connectivity index (χ0n) is 16.7. The van der Waals surface area contributed by atoms with E-state index in [1.54, 1.807) is 36.3 Å². The average Bonchev–Trinajstić information content (AvgIpc) is 3.11. The quantitative estimate of drug-likeness (QED) is 0.631. The third-order valence-electron chi connectivity index (χ3n) is 4.31. The van der Waals surface area contributed by atoms with E-state index >= 15 is 0 Å². The average molecular weight is 401 g/mol. The van der Waals surface area contributed by atoms with Crippen LogP contribution in [0.3, 0.4) is 0 Å². The molecule has 0 aliphatic carbocycles. The van der Waals surface area contributed by atoms with Crippen LogP contribution in [-0.2, 0) is 0 Å². The van der Waals surface area contributed by atoms with Gasteiger partial charge >= 0.3 is 0 Å². The minimum absolute atomic E-state index is 0.0620. The zero-order valence-corrected chi connectivity index (χ0v) is 17.5. The van der Waals surface area contributed by atoms with Crippen LogP contribution in [0.2, 0.25) is 0 Å². The number of fused-ring (bicyclic) bond motifs is 1. The number of benzene rings is 2. The minimum Gasteiger partial charge on any atom is -0.497 e. The number of nitrogens with zero attached hydrogens (tertiary/aromatic N) is 2. The van der Waals surface area contributed by atoms with Gasteiger partial charge in [0, 0.05) is 5.56 Å². The lowest BCUT2D eigenvalue weighted by Gasteiger charge is -2.20. The number of quaternary nitrogens is 1. The summed E-state index contributed by atoms with van der Waals surface area (Å²) in [6, 6.07) is 13.0. The summed E-state index contributed by atoms with van der Waals surface area (Å²) in [6.07, 6.45) is 0. The van der Waals surface area contributed by atoms with Crippen LogP contribution >= 0.6 is 11.3 Å². The molecule has 0 unspecified atom stereocenters. The molecule has 3 aromatic rings. The molecule has 0 saturated heterocycles.